The average Bonchev–Trinajstić information content (AvgIpc) is 2.45. The van der Waals surface area contributed by atoms with Crippen LogP contribution in [0.15, 0.2) is 42.5 Å². The maximum Gasteiger partial charge on any atom is 0.254 e. The third kappa shape index (κ3) is 3.91. The fourth-order valence-corrected chi connectivity index (χ4v) is 2.10. The van der Waals surface area contributed by atoms with Gasteiger partial charge in [0.1, 0.15) is 5.82 Å². The zero-order chi connectivity index (χ0) is 15.4. The first-order valence-electron chi connectivity index (χ1n) is 7.10. The van der Waals surface area contributed by atoms with Crippen LogP contribution in [-0.4, -0.2) is 5.91 Å². The van der Waals surface area contributed by atoms with Crippen LogP contribution < -0.4 is 5.32 Å². The molecule has 2 nitrogen and oxygen atoms in total. The summed E-state index contributed by atoms with van der Waals surface area (Å²) in [5, 5.41) is 2.75. The van der Waals surface area contributed by atoms with Crippen molar-refractivity contribution in [1.29, 1.82) is 0 Å². The number of halogens is 1. The molecule has 0 spiro atoms. The molecule has 110 valence electrons. The first kappa shape index (κ1) is 15.2. The number of amides is 1. The number of hydrogen-bond donors (Lipinski definition) is 1. The summed E-state index contributed by atoms with van der Waals surface area (Å²) in [5.41, 5.74) is 3.14. The lowest BCUT2D eigenvalue weighted by Gasteiger charge is -2.09. The second-order valence-electron chi connectivity index (χ2n) is 5.56. The van der Waals surface area contributed by atoms with Gasteiger partial charge in [-0.15, -0.1) is 0 Å². The molecule has 0 aromatic heterocycles. The molecule has 2 aromatic carbocycles. The van der Waals surface area contributed by atoms with Gasteiger partial charge < -0.3 is 5.32 Å². The fourth-order valence-electron chi connectivity index (χ4n) is 2.10. The van der Waals surface area contributed by atoms with Gasteiger partial charge in [-0.1, -0.05) is 44.2 Å². The maximum absolute atomic E-state index is 13.7. The molecule has 0 saturated heterocycles. The third-order valence-corrected chi connectivity index (χ3v) is 3.47. The van der Waals surface area contributed by atoms with Crippen LogP contribution in [-0.2, 0) is 6.54 Å². The molecule has 21 heavy (non-hydrogen) atoms. The van der Waals surface area contributed by atoms with E-state index >= 15 is 0 Å². The van der Waals surface area contributed by atoms with Gasteiger partial charge in [-0.25, -0.2) is 4.39 Å². The predicted molar refractivity (Wildman–Crippen MR) is 82.8 cm³/mol. The summed E-state index contributed by atoms with van der Waals surface area (Å²) in [7, 11) is 0. The van der Waals surface area contributed by atoms with Gasteiger partial charge in [0.25, 0.3) is 5.91 Å². The molecule has 3 heteroatoms. The van der Waals surface area contributed by atoms with Crippen molar-refractivity contribution in [3.63, 3.8) is 0 Å². The zero-order valence-corrected chi connectivity index (χ0v) is 12.6. The van der Waals surface area contributed by atoms with Crippen molar-refractivity contribution >= 4 is 5.91 Å². The van der Waals surface area contributed by atoms with Crippen molar-refractivity contribution in [3.8, 4) is 0 Å². The van der Waals surface area contributed by atoms with Crippen LogP contribution in [0.4, 0.5) is 4.39 Å². The number of rotatable bonds is 4. The lowest BCUT2D eigenvalue weighted by molar-refractivity contribution is 0.0947. The summed E-state index contributed by atoms with van der Waals surface area (Å²) in [4.78, 5) is 12.0. The zero-order valence-electron chi connectivity index (χ0n) is 12.6. The molecule has 0 unspecified atom stereocenters. The van der Waals surface area contributed by atoms with Crippen LogP contribution in [0.25, 0.3) is 0 Å². The molecule has 0 radical (unpaired) electrons. The van der Waals surface area contributed by atoms with Crippen molar-refractivity contribution in [2.24, 2.45) is 0 Å². The van der Waals surface area contributed by atoms with E-state index in [1.807, 2.05) is 12.1 Å². The van der Waals surface area contributed by atoms with Crippen molar-refractivity contribution in [1.82, 2.24) is 5.32 Å². The van der Waals surface area contributed by atoms with Crippen molar-refractivity contribution < 1.29 is 9.18 Å². The molecule has 2 aromatic rings. The summed E-state index contributed by atoms with van der Waals surface area (Å²) < 4.78 is 13.7. The van der Waals surface area contributed by atoms with Crippen LogP contribution >= 0.6 is 0 Å². The largest absolute Gasteiger partial charge is 0.348 e. The highest BCUT2D eigenvalue weighted by Gasteiger charge is 2.11. The lowest BCUT2D eigenvalue weighted by atomic mass is 10.0. The summed E-state index contributed by atoms with van der Waals surface area (Å²) in [6, 6.07) is 12.7. The summed E-state index contributed by atoms with van der Waals surface area (Å²) >= 11 is 0. The number of nitrogens with one attached hydrogen (secondary N) is 1. The van der Waals surface area contributed by atoms with Gasteiger partial charge in [0.2, 0.25) is 0 Å². The van der Waals surface area contributed by atoms with E-state index < -0.39 is 5.82 Å². The van der Waals surface area contributed by atoms with E-state index in [0.717, 1.165) is 11.1 Å². The Kier molecular flexibility index (Phi) is 4.73. The normalized spacial score (nSPS) is 10.7. The van der Waals surface area contributed by atoms with Gasteiger partial charge in [0, 0.05) is 6.54 Å². The minimum atomic E-state index is -0.484. The first-order valence-corrected chi connectivity index (χ1v) is 7.10. The Morgan fingerprint density at radius 3 is 2.38 bits per heavy atom. The Morgan fingerprint density at radius 1 is 1.14 bits per heavy atom. The van der Waals surface area contributed by atoms with Gasteiger partial charge >= 0.3 is 0 Å². The molecule has 0 aliphatic carbocycles. The smallest absolute Gasteiger partial charge is 0.254 e. The minimum absolute atomic E-state index is 0.0828. The molecule has 0 fully saturated rings. The topological polar surface area (TPSA) is 29.1 Å². The maximum atomic E-state index is 13.7. The number of carbonyl (C=O) groups is 1. The van der Waals surface area contributed by atoms with Gasteiger partial charge in [0.05, 0.1) is 5.56 Å². The van der Waals surface area contributed by atoms with Crippen molar-refractivity contribution in [2.75, 3.05) is 0 Å². The SMILES string of the molecule is Cc1ccc(C(=O)NCc2ccc(C(C)C)cc2)c(F)c1. The third-order valence-electron chi connectivity index (χ3n) is 3.47. The Bertz CT molecular complexity index is 632. The number of benzene rings is 2. The van der Waals surface area contributed by atoms with Gasteiger partial charge in [0.15, 0.2) is 0 Å². The van der Waals surface area contributed by atoms with E-state index in [1.54, 1.807) is 13.0 Å². The van der Waals surface area contributed by atoms with Crippen molar-refractivity contribution in [3.05, 3.63) is 70.5 Å². The Morgan fingerprint density at radius 2 is 1.81 bits per heavy atom. The van der Waals surface area contributed by atoms with Crippen LogP contribution in [0.1, 0.15) is 46.8 Å². The van der Waals surface area contributed by atoms with E-state index in [4.69, 9.17) is 0 Å². The second kappa shape index (κ2) is 6.53. The quantitative estimate of drug-likeness (QED) is 0.896. The molecule has 0 bridgehead atoms. The first-order chi connectivity index (χ1) is 9.97. The van der Waals surface area contributed by atoms with Gasteiger partial charge in [-0.05, 0) is 41.7 Å². The molecule has 1 amide bonds. The lowest BCUT2D eigenvalue weighted by Crippen LogP contribution is -2.23. The fraction of sp³-hybridized carbons (Fsp3) is 0.278. The van der Waals surface area contributed by atoms with E-state index in [0.29, 0.717) is 12.5 Å². The van der Waals surface area contributed by atoms with Gasteiger partial charge in [-0.3, -0.25) is 4.79 Å². The molecule has 0 saturated carbocycles. The summed E-state index contributed by atoms with van der Waals surface area (Å²) in [6.45, 7) is 6.46. The minimum Gasteiger partial charge on any atom is -0.348 e. The second-order valence-corrected chi connectivity index (χ2v) is 5.56. The highest BCUT2D eigenvalue weighted by Crippen LogP contribution is 2.15. The summed E-state index contributed by atoms with van der Waals surface area (Å²) in [6.07, 6.45) is 0. The molecular formula is C18H20FNO. The highest BCUT2D eigenvalue weighted by molar-refractivity contribution is 5.94. The number of carbonyl (C=O) groups excluding carboxylic acids is 1. The molecular weight excluding hydrogens is 265 g/mol. The van der Waals surface area contributed by atoms with E-state index in [-0.39, 0.29) is 11.5 Å². The van der Waals surface area contributed by atoms with E-state index in [1.165, 1.54) is 17.7 Å². The molecule has 0 heterocycles. The highest BCUT2D eigenvalue weighted by atomic mass is 19.1. The Labute approximate surface area is 125 Å². The Hall–Kier alpha value is -2.16. The van der Waals surface area contributed by atoms with Crippen LogP contribution in [0.2, 0.25) is 0 Å². The van der Waals surface area contributed by atoms with E-state index in [9.17, 15) is 9.18 Å². The summed E-state index contributed by atoms with van der Waals surface area (Å²) in [5.74, 6) is -0.390. The number of hydrogen-bond acceptors (Lipinski definition) is 1. The molecule has 1 N–H and O–H groups in total. The average molecular weight is 285 g/mol. The Balaban J connectivity index is 2.00. The monoisotopic (exact) mass is 285 g/mol. The van der Waals surface area contributed by atoms with Gasteiger partial charge in [-0.2, -0.15) is 0 Å². The van der Waals surface area contributed by atoms with Crippen molar-refractivity contribution in [2.45, 2.75) is 33.2 Å². The standard InChI is InChI=1S/C18H20FNO/c1-12(2)15-7-5-14(6-8-15)11-20-18(21)16-9-4-13(3)10-17(16)19/h4-10,12H,11H2,1-3H3,(H,20,21). The van der Waals surface area contributed by atoms with E-state index in [2.05, 4.69) is 31.3 Å². The molecule has 0 aliphatic heterocycles. The van der Waals surface area contributed by atoms with Crippen LogP contribution in [0, 0.1) is 12.7 Å². The predicted octanol–water partition coefficient (Wildman–Crippen LogP) is 4.19. The molecule has 2 rings (SSSR count). The van der Waals surface area contributed by atoms with Crippen LogP contribution in [0.3, 0.4) is 0 Å². The number of aryl methyl sites for hydroxylation is 1. The molecule has 0 atom stereocenters. The van der Waals surface area contributed by atoms with Crippen LogP contribution in [0.5, 0.6) is 0 Å². The molecule has 0 aliphatic rings.